The second kappa shape index (κ2) is 8.10. The van der Waals surface area contributed by atoms with Crippen LogP contribution in [0.15, 0.2) is 52.6 Å². The van der Waals surface area contributed by atoms with E-state index >= 15 is 0 Å². The van der Waals surface area contributed by atoms with Crippen molar-refractivity contribution >= 4 is 50.9 Å². The molecule has 1 aliphatic heterocycles. The van der Waals surface area contributed by atoms with Crippen molar-refractivity contribution in [2.45, 2.75) is 20.0 Å². The predicted octanol–water partition coefficient (Wildman–Crippen LogP) is 4.51. The highest BCUT2D eigenvalue weighted by molar-refractivity contribution is 9.10. The van der Waals surface area contributed by atoms with Gasteiger partial charge >= 0.3 is 0 Å². The van der Waals surface area contributed by atoms with Crippen LogP contribution in [0.4, 0.5) is 5.69 Å². The highest BCUT2D eigenvalue weighted by Gasteiger charge is 2.32. The molecule has 2 aromatic rings. The summed E-state index contributed by atoms with van der Waals surface area (Å²) in [7, 11) is 1.58. The van der Waals surface area contributed by atoms with Crippen molar-refractivity contribution in [3.05, 3.63) is 58.2 Å². The summed E-state index contributed by atoms with van der Waals surface area (Å²) in [6.45, 7) is 3.90. The molecule has 7 heteroatoms. The zero-order valence-electron chi connectivity index (χ0n) is 15.2. The molecule has 1 aliphatic rings. The molecule has 0 radical (unpaired) electrons. The molecule has 0 unspecified atom stereocenters. The van der Waals surface area contributed by atoms with Crippen molar-refractivity contribution in [1.29, 1.82) is 0 Å². The van der Waals surface area contributed by atoms with Gasteiger partial charge in [0, 0.05) is 4.47 Å². The van der Waals surface area contributed by atoms with Gasteiger partial charge in [0.05, 0.1) is 18.9 Å². The Kier molecular flexibility index (Phi) is 5.82. The highest BCUT2D eigenvalue weighted by Crippen LogP contribution is 2.35. The molecule has 140 valence electrons. The minimum atomic E-state index is -0.209. The quantitative estimate of drug-likeness (QED) is 0.540. The van der Waals surface area contributed by atoms with E-state index < -0.39 is 0 Å². The lowest BCUT2D eigenvalue weighted by atomic mass is 10.1. The third kappa shape index (κ3) is 4.14. The number of hydrogen-bond acceptors (Lipinski definition) is 4. The summed E-state index contributed by atoms with van der Waals surface area (Å²) in [5.74, 6) is 1.01. The fourth-order valence-electron chi connectivity index (χ4n) is 2.67. The lowest BCUT2D eigenvalue weighted by molar-refractivity contribution is -0.113. The molecule has 0 aliphatic carbocycles. The van der Waals surface area contributed by atoms with Crippen LogP contribution in [-0.4, -0.2) is 24.2 Å². The van der Waals surface area contributed by atoms with E-state index in [1.54, 1.807) is 13.2 Å². The Morgan fingerprint density at radius 1 is 1.19 bits per heavy atom. The lowest BCUT2D eigenvalue weighted by Gasteiger charge is -2.15. The maximum absolute atomic E-state index is 12.8. The number of hydrogen-bond donors (Lipinski definition) is 1. The van der Waals surface area contributed by atoms with E-state index in [4.69, 9.17) is 21.7 Å². The predicted molar refractivity (Wildman–Crippen MR) is 114 cm³/mol. The Hall–Kier alpha value is -2.38. The first-order valence-electron chi connectivity index (χ1n) is 8.37. The van der Waals surface area contributed by atoms with Crippen molar-refractivity contribution in [3.63, 3.8) is 0 Å². The van der Waals surface area contributed by atoms with Crippen LogP contribution in [0.3, 0.4) is 0 Å². The number of anilines is 1. The Balaban J connectivity index is 1.95. The summed E-state index contributed by atoms with van der Waals surface area (Å²) in [5, 5.41) is 3.34. The third-order valence-corrected chi connectivity index (χ3v) is 4.81. The Morgan fingerprint density at radius 3 is 2.52 bits per heavy atom. The van der Waals surface area contributed by atoms with Crippen molar-refractivity contribution in [1.82, 2.24) is 5.32 Å². The van der Waals surface area contributed by atoms with E-state index in [1.165, 1.54) is 4.90 Å². The molecule has 1 amide bonds. The SMILES string of the molecule is COc1cc(C=C2NC(=S)N(c3ccccc3)C2=O)c(Br)cc1OC(C)C. The summed E-state index contributed by atoms with van der Waals surface area (Å²) in [4.78, 5) is 14.3. The monoisotopic (exact) mass is 446 g/mol. The average Bonchev–Trinajstić information content (AvgIpc) is 2.91. The van der Waals surface area contributed by atoms with Crippen molar-refractivity contribution in [3.8, 4) is 11.5 Å². The van der Waals surface area contributed by atoms with Gasteiger partial charge in [-0.05, 0) is 62.0 Å². The van der Waals surface area contributed by atoms with E-state index in [0.717, 1.165) is 15.7 Å². The summed E-state index contributed by atoms with van der Waals surface area (Å²) >= 11 is 8.88. The van der Waals surface area contributed by atoms with E-state index in [0.29, 0.717) is 22.3 Å². The van der Waals surface area contributed by atoms with Gasteiger partial charge in [0.25, 0.3) is 5.91 Å². The third-order valence-electron chi connectivity index (χ3n) is 3.84. The standard InChI is InChI=1S/C20H19BrN2O3S/c1-12(2)26-18-11-15(21)13(10-17(18)25-3)9-16-19(24)23(20(27)22-16)14-7-5-4-6-8-14/h4-12H,1-3H3,(H,22,27). The van der Waals surface area contributed by atoms with E-state index in [9.17, 15) is 4.79 Å². The molecule has 1 saturated heterocycles. The zero-order valence-corrected chi connectivity index (χ0v) is 17.6. The molecule has 0 atom stereocenters. The van der Waals surface area contributed by atoms with Crippen LogP contribution in [-0.2, 0) is 4.79 Å². The van der Waals surface area contributed by atoms with Gasteiger partial charge < -0.3 is 14.8 Å². The number of rotatable bonds is 5. The van der Waals surface area contributed by atoms with Gasteiger partial charge in [-0.2, -0.15) is 0 Å². The van der Waals surface area contributed by atoms with Crippen LogP contribution < -0.4 is 19.7 Å². The smallest absolute Gasteiger partial charge is 0.281 e. The molecule has 0 spiro atoms. The average molecular weight is 447 g/mol. The fraction of sp³-hybridized carbons (Fsp3) is 0.200. The molecule has 1 N–H and O–H groups in total. The highest BCUT2D eigenvalue weighted by atomic mass is 79.9. The number of nitrogens with one attached hydrogen (secondary N) is 1. The molecular formula is C20H19BrN2O3S. The second-order valence-electron chi connectivity index (χ2n) is 6.16. The number of thiocarbonyl (C=S) groups is 1. The largest absolute Gasteiger partial charge is 0.493 e. The van der Waals surface area contributed by atoms with Gasteiger partial charge in [-0.15, -0.1) is 0 Å². The van der Waals surface area contributed by atoms with Crippen LogP contribution in [0.25, 0.3) is 6.08 Å². The summed E-state index contributed by atoms with van der Waals surface area (Å²) in [6.07, 6.45) is 1.76. The van der Waals surface area contributed by atoms with E-state index in [-0.39, 0.29) is 12.0 Å². The molecule has 1 heterocycles. The minimum Gasteiger partial charge on any atom is -0.493 e. The fourth-order valence-corrected chi connectivity index (χ4v) is 3.40. The molecule has 2 aromatic carbocycles. The maximum atomic E-state index is 12.8. The molecule has 0 bridgehead atoms. The van der Waals surface area contributed by atoms with Crippen LogP contribution in [0.1, 0.15) is 19.4 Å². The van der Waals surface area contributed by atoms with Crippen LogP contribution in [0, 0.1) is 0 Å². The van der Waals surface area contributed by atoms with Crippen molar-refractivity contribution < 1.29 is 14.3 Å². The number of para-hydroxylation sites is 1. The number of nitrogens with zero attached hydrogens (tertiary/aromatic N) is 1. The van der Waals surface area contributed by atoms with Crippen LogP contribution in [0.2, 0.25) is 0 Å². The van der Waals surface area contributed by atoms with Gasteiger partial charge in [-0.25, -0.2) is 0 Å². The summed E-state index contributed by atoms with van der Waals surface area (Å²) in [6, 6.07) is 12.9. The number of carbonyl (C=O) groups is 1. The van der Waals surface area contributed by atoms with Gasteiger partial charge in [0.2, 0.25) is 0 Å². The first-order chi connectivity index (χ1) is 12.9. The topological polar surface area (TPSA) is 50.8 Å². The molecule has 5 nitrogen and oxygen atoms in total. The number of ether oxygens (including phenoxy) is 2. The number of amides is 1. The summed E-state index contributed by atoms with van der Waals surface area (Å²) in [5.41, 5.74) is 1.89. The Morgan fingerprint density at radius 2 is 1.89 bits per heavy atom. The first-order valence-corrected chi connectivity index (χ1v) is 9.57. The number of carbonyl (C=O) groups excluding carboxylic acids is 1. The number of methoxy groups -OCH3 is 1. The van der Waals surface area contributed by atoms with Crippen LogP contribution in [0.5, 0.6) is 11.5 Å². The molecule has 3 rings (SSSR count). The molecule has 0 saturated carbocycles. The van der Waals surface area contributed by atoms with Crippen LogP contribution >= 0.6 is 28.1 Å². The molecule has 1 fully saturated rings. The minimum absolute atomic E-state index is 0.0184. The van der Waals surface area contributed by atoms with Crippen molar-refractivity contribution in [2.75, 3.05) is 12.0 Å². The first kappa shape index (κ1) is 19.4. The van der Waals surface area contributed by atoms with E-state index in [2.05, 4.69) is 21.2 Å². The van der Waals surface area contributed by atoms with Gasteiger partial charge in [0.15, 0.2) is 16.6 Å². The molecule has 27 heavy (non-hydrogen) atoms. The maximum Gasteiger partial charge on any atom is 0.281 e. The van der Waals surface area contributed by atoms with Gasteiger partial charge in [-0.1, -0.05) is 34.1 Å². The van der Waals surface area contributed by atoms with E-state index in [1.807, 2.05) is 56.3 Å². The second-order valence-corrected chi connectivity index (χ2v) is 7.40. The van der Waals surface area contributed by atoms with Gasteiger partial charge in [-0.3, -0.25) is 9.69 Å². The lowest BCUT2D eigenvalue weighted by Crippen LogP contribution is -2.30. The Labute approximate surface area is 172 Å². The normalized spacial score (nSPS) is 15.4. The Bertz CT molecular complexity index is 913. The summed E-state index contributed by atoms with van der Waals surface area (Å²) < 4.78 is 12.0. The molecule has 0 aromatic heterocycles. The zero-order chi connectivity index (χ0) is 19.6. The van der Waals surface area contributed by atoms with Gasteiger partial charge in [0.1, 0.15) is 5.70 Å². The number of halogens is 1. The number of benzene rings is 2. The van der Waals surface area contributed by atoms with Crippen molar-refractivity contribution in [2.24, 2.45) is 0 Å². The molecular weight excluding hydrogens is 428 g/mol.